The highest BCUT2D eigenvalue weighted by atomic mass is 16.6. The van der Waals surface area contributed by atoms with Crippen molar-refractivity contribution in [3.8, 4) is 6.07 Å². The zero-order chi connectivity index (χ0) is 11.1. The van der Waals surface area contributed by atoms with Gasteiger partial charge in [0.1, 0.15) is 5.41 Å². The minimum Gasteiger partial charge on any atom is -0.274 e. The average molecular weight is 210 g/mol. The Kier molecular flexibility index (Phi) is 4.57. The summed E-state index contributed by atoms with van der Waals surface area (Å²) in [5, 5.41) is 9.17. The number of nitrogens with one attached hydrogen (secondary N) is 1. The number of carbonyl (C=O) groups is 1. The first kappa shape index (κ1) is 12.0. The van der Waals surface area contributed by atoms with Crippen LogP contribution < -0.4 is 5.48 Å². The van der Waals surface area contributed by atoms with Crippen molar-refractivity contribution in [2.24, 2.45) is 5.41 Å². The van der Waals surface area contributed by atoms with Crippen molar-refractivity contribution in [3.05, 3.63) is 0 Å². The van der Waals surface area contributed by atoms with E-state index in [9.17, 15) is 4.79 Å². The highest BCUT2D eigenvalue weighted by Crippen LogP contribution is 2.34. The molecule has 1 N–H and O–H groups in total. The summed E-state index contributed by atoms with van der Waals surface area (Å²) in [6, 6.07) is 2.17. The van der Waals surface area contributed by atoms with Crippen molar-refractivity contribution in [3.63, 3.8) is 0 Å². The van der Waals surface area contributed by atoms with Crippen molar-refractivity contribution in [2.75, 3.05) is 6.61 Å². The Labute approximate surface area is 90.6 Å². The molecule has 1 amide bonds. The first-order valence-electron chi connectivity index (χ1n) is 5.58. The fourth-order valence-electron chi connectivity index (χ4n) is 1.96. The van der Waals surface area contributed by atoms with Gasteiger partial charge >= 0.3 is 0 Å². The van der Waals surface area contributed by atoms with Crippen LogP contribution >= 0.6 is 0 Å². The van der Waals surface area contributed by atoms with Crippen LogP contribution in [0.4, 0.5) is 0 Å². The summed E-state index contributed by atoms with van der Waals surface area (Å²) in [4.78, 5) is 16.7. The molecule has 0 bridgehead atoms. The topological polar surface area (TPSA) is 62.1 Å². The van der Waals surface area contributed by atoms with Crippen LogP contribution in [-0.2, 0) is 9.63 Å². The van der Waals surface area contributed by atoms with Crippen LogP contribution in [0.5, 0.6) is 0 Å². The van der Waals surface area contributed by atoms with Crippen molar-refractivity contribution in [1.82, 2.24) is 5.48 Å². The van der Waals surface area contributed by atoms with Crippen molar-refractivity contribution >= 4 is 5.91 Å². The van der Waals surface area contributed by atoms with E-state index >= 15 is 0 Å². The molecule has 1 aliphatic rings. The van der Waals surface area contributed by atoms with E-state index in [0.717, 1.165) is 25.7 Å². The van der Waals surface area contributed by atoms with Crippen LogP contribution in [0.3, 0.4) is 0 Å². The van der Waals surface area contributed by atoms with Crippen molar-refractivity contribution in [2.45, 2.75) is 45.4 Å². The highest BCUT2D eigenvalue weighted by Gasteiger charge is 2.39. The van der Waals surface area contributed by atoms with Gasteiger partial charge < -0.3 is 0 Å². The lowest BCUT2D eigenvalue weighted by Crippen LogP contribution is -2.39. The molecule has 0 spiro atoms. The number of carbonyl (C=O) groups excluding carboxylic acids is 1. The van der Waals surface area contributed by atoms with Gasteiger partial charge in [0.25, 0.3) is 5.91 Å². The van der Waals surface area contributed by atoms with Gasteiger partial charge in [0.2, 0.25) is 0 Å². The summed E-state index contributed by atoms with van der Waals surface area (Å²) in [6.07, 6.45) is 5.45. The average Bonchev–Trinajstić information content (AvgIpc) is 2.52. The predicted molar refractivity (Wildman–Crippen MR) is 55.5 cm³/mol. The number of hydrogen-bond donors (Lipinski definition) is 1. The standard InChI is InChI=1S/C11H18N2O2/c1-2-15-13-10(14)11(9-12)7-5-3-4-6-8-11/h2-8H2,1H3,(H,13,14). The van der Waals surface area contributed by atoms with Gasteiger partial charge in [-0.25, -0.2) is 5.48 Å². The number of nitriles is 1. The number of amides is 1. The molecule has 0 aliphatic heterocycles. The Morgan fingerprint density at radius 2 is 2.00 bits per heavy atom. The zero-order valence-corrected chi connectivity index (χ0v) is 9.21. The maximum atomic E-state index is 11.8. The second-order valence-electron chi connectivity index (χ2n) is 3.97. The molecule has 0 saturated heterocycles. The maximum absolute atomic E-state index is 11.8. The van der Waals surface area contributed by atoms with Gasteiger partial charge in [-0.3, -0.25) is 9.63 Å². The molecule has 0 radical (unpaired) electrons. The van der Waals surface area contributed by atoms with Gasteiger partial charge in [0.05, 0.1) is 12.7 Å². The van der Waals surface area contributed by atoms with Gasteiger partial charge in [-0.1, -0.05) is 25.7 Å². The number of hydrogen-bond acceptors (Lipinski definition) is 3. The first-order chi connectivity index (χ1) is 7.25. The lowest BCUT2D eigenvalue weighted by Gasteiger charge is -2.22. The van der Waals surface area contributed by atoms with Gasteiger partial charge in [-0.15, -0.1) is 0 Å². The minimum atomic E-state index is -0.855. The first-order valence-corrected chi connectivity index (χ1v) is 5.58. The van der Waals surface area contributed by atoms with Gasteiger partial charge in [0.15, 0.2) is 0 Å². The Morgan fingerprint density at radius 1 is 1.40 bits per heavy atom. The van der Waals surface area contributed by atoms with Crippen LogP contribution in [-0.4, -0.2) is 12.5 Å². The summed E-state index contributed by atoms with van der Waals surface area (Å²) in [6.45, 7) is 2.22. The monoisotopic (exact) mass is 210 g/mol. The van der Waals surface area contributed by atoms with E-state index in [0.29, 0.717) is 19.4 Å². The number of hydroxylamine groups is 1. The molecule has 4 heteroatoms. The lowest BCUT2D eigenvalue weighted by atomic mass is 9.81. The third-order valence-electron chi connectivity index (χ3n) is 2.91. The molecular formula is C11H18N2O2. The van der Waals surface area contributed by atoms with Crippen LogP contribution in [0.2, 0.25) is 0 Å². The lowest BCUT2D eigenvalue weighted by molar-refractivity contribution is -0.141. The molecular weight excluding hydrogens is 192 g/mol. The third-order valence-corrected chi connectivity index (χ3v) is 2.91. The molecule has 0 heterocycles. The van der Waals surface area contributed by atoms with E-state index < -0.39 is 5.41 Å². The summed E-state index contributed by atoms with van der Waals surface area (Å²) < 4.78 is 0. The van der Waals surface area contributed by atoms with Crippen molar-refractivity contribution < 1.29 is 9.63 Å². The number of nitrogens with zero attached hydrogens (tertiary/aromatic N) is 1. The third kappa shape index (κ3) is 2.93. The second-order valence-corrected chi connectivity index (χ2v) is 3.97. The summed E-state index contributed by atoms with van der Waals surface area (Å²) in [7, 11) is 0. The van der Waals surface area contributed by atoms with E-state index in [4.69, 9.17) is 10.1 Å². The van der Waals surface area contributed by atoms with Crippen LogP contribution in [0.25, 0.3) is 0 Å². The van der Waals surface area contributed by atoms with E-state index in [1.54, 1.807) is 6.92 Å². The minimum absolute atomic E-state index is 0.270. The molecule has 1 saturated carbocycles. The Hall–Kier alpha value is -1.08. The molecule has 0 unspecified atom stereocenters. The largest absolute Gasteiger partial charge is 0.274 e. The number of rotatable bonds is 3. The summed E-state index contributed by atoms with van der Waals surface area (Å²) >= 11 is 0. The van der Waals surface area contributed by atoms with Gasteiger partial charge in [-0.2, -0.15) is 5.26 Å². The molecule has 15 heavy (non-hydrogen) atoms. The molecule has 0 aromatic rings. The fourth-order valence-corrected chi connectivity index (χ4v) is 1.96. The maximum Gasteiger partial charge on any atom is 0.263 e. The summed E-state index contributed by atoms with van der Waals surface area (Å²) in [5.41, 5.74) is 1.50. The second kappa shape index (κ2) is 5.72. The highest BCUT2D eigenvalue weighted by molar-refractivity contribution is 5.84. The quantitative estimate of drug-likeness (QED) is 0.571. The molecule has 0 aromatic heterocycles. The zero-order valence-electron chi connectivity index (χ0n) is 9.21. The molecule has 1 fully saturated rings. The Bertz CT molecular complexity index is 250. The van der Waals surface area contributed by atoms with E-state index in [1.165, 1.54) is 0 Å². The molecule has 4 nitrogen and oxygen atoms in total. The Balaban J connectivity index is 2.65. The van der Waals surface area contributed by atoms with Crippen LogP contribution in [0.1, 0.15) is 45.4 Å². The SMILES string of the molecule is CCONC(=O)C1(C#N)CCCCCC1. The van der Waals surface area contributed by atoms with Gasteiger partial charge in [0, 0.05) is 0 Å². The van der Waals surface area contributed by atoms with Crippen molar-refractivity contribution in [1.29, 1.82) is 5.26 Å². The Morgan fingerprint density at radius 3 is 2.47 bits per heavy atom. The van der Waals surface area contributed by atoms with Crippen LogP contribution in [0, 0.1) is 16.7 Å². The van der Waals surface area contributed by atoms with E-state index in [1.807, 2.05) is 0 Å². The predicted octanol–water partition coefficient (Wildman–Crippen LogP) is 1.92. The van der Waals surface area contributed by atoms with Gasteiger partial charge in [-0.05, 0) is 19.8 Å². The molecule has 0 aromatic carbocycles. The normalized spacial score (nSPS) is 20.0. The molecule has 0 atom stereocenters. The van der Waals surface area contributed by atoms with E-state index in [2.05, 4.69) is 11.5 Å². The van der Waals surface area contributed by atoms with E-state index in [-0.39, 0.29) is 5.91 Å². The van der Waals surface area contributed by atoms with Crippen LogP contribution in [0.15, 0.2) is 0 Å². The molecule has 1 rings (SSSR count). The fraction of sp³-hybridized carbons (Fsp3) is 0.818. The molecule has 84 valence electrons. The molecule has 1 aliphatic carbocycles. The smallest absolute Gasteiger partial charge is 0.263 e. The summed E-state index contributed by atoms with van der Waals surface area (Å²) in [5.74, 6) is -0.270.